The van der Waals surface area contributed by atoms with Gasteiger partial charge in [-0.25, -0.2) is 0 Å². The Morgan fingerprint density at radius 3 is 2.89 bits per heavy atom. The molecule has 0 aromatic heterocycles. The van der Waals surface area contributed by atoms with E-state index >= 15 is 0 Å². The minimum Gasteiger partial charge on any atom is -0.399 e. The smallest absolute Gasteiger partial charge is 0.0593 e. The van der Waals surface area contributed by atoms with Gasteiger partial charge >= 0.3 is 0 Å². The molecule has 1 aliphatic carbocycles. The highest BCUT2D eigenvalue weighted by atomic mass is 16.5. The van der Waals surface area contributed by atoms with Gasteiger partial charge in [0.2, 0.25) is 0 Å². The van der Waals surface area contributed by atoms with E-state index in [2.05, 4.69) is 24.9 Å². The summed E-state index contributed by atoms with van der Waals surface area (Å²) < 4.78 is 5.67. The van der Waals surface area contributed by atoms with Crippen LogP contribution >= 0.6 is 0 Å². The second-order valence-electron chi connectivity index (χ2n) is 5.34. The number of nitrogens with zero attached hydrogens (tertiary/aromatic N) is 1. The summed E-state index contributed by atoms with van der Waals surface area (Å²) in [5.74, 6) is 0.849. The van der Waals surface area contributed by atoms with Crippen molar-refractivity contribution in [2.75, 3.05) is 32.5 Å². The molecule has 1 atom stereocenters. The highest BCUT2D eigenvalue weighted by molar-refractivity contribution is 5.41. The van der Waals surface area contributed by atoms with Crippen LogP contribution in [0.2, 0.25) is 0 Å². The van der Waals surface area contributed by atoms with Crippen molar-refractivity contribution < 1.29 is 4.74 Å². The van der Waals surface area contributed by atoms with Crippen molar-refractivity contribution in [2.24, 2.45) is 5.92 Å². The average molecular weight is 248 g/mol. The Labute approximate surface area is 110 Å². The molecular formula is C15H24N2O. The fourth-order valence-corrected chi connectivity index (χ4v) is 2.01. The van der Waals surface area contributed by atoms with Gasteiger partial charge in [-0.1, -0.05) is 12.1 Å². The molecule has 100 valence electrons. The molecule has 18 heavy (non-hydrogen) atoms. The van der Waals surface area contributed by atoms with E-state index in [0.29, 0.717) is 6.04 Å². The van der Waals surface area contributed by atoms with Crippen LogP contribution in [0.25, 0.3) is 0 Å². The third-order valence-electron chi connectivity index (χ3n) is 3.69. The van der Waals surface area contributed by atoms with Crippen molar-refractivity contribution in [3.05, 3.63) is 29.8 Å². The molecule has 0 bridgehead atoms. The van der Waals surface area contributed by atoms with Crippen LogP contribution in [0, 0.1) is 5.92 Å². The summed E-state index contributed by atoms with van der Waals surface area (Å²) in [5.41, 5.74) is 7.91. The Morgan fingerprint density at radius 2 is 2.22 bits per heavy atom. The predicted molar refractivity (Wildman–Crippen MR) is 75.4 cm³/mol. The minimum absolute atomic E-state index is 0.373. The molecule has 1 aliphatic rings. The van der Waals surface area contributed by atoms with Crippen molar-refractivity contribution >= 4 is 5.69 Å². The molecule has 1 saturated carbocycles. The number of anilines is 1. The molecule has 3 nitrogen and oxygen atoms in total. The van der Waals surface area contributed by atoms with Gasteiger partial charge in [0.25, 0.3) is 0 Å². The van der Waals surface area contributed by atoms with Gasteiger partial charge < -0.3 is 10.5 Å². The first-order valence-electron chi connectivity index (χ1n) is 6.80. The number of likely N-dealkylation sites (N-methyl/N-ethyl adjacent to an activating group) is 1. The van der Waals surface area contributed by atoms with E-state index in [4.69, 9.17) is 10.5 Å². The van der Waals surface area contributed by atoms with Gasteiger partial charge in [0.05, 0.1) is 6.61 Å². The summed E-state index contributed by atoms with van der Waals surface area (Å²) in [6, 6.07) is 8.49. The highest BCUT2D eigenvalue weighted by Gasteiger charge is 2.21. The molecule has 1 aromatic carbocycles. The lowest BCUT2D eigenvalue weighted by Crippen LogP contribution is -2.26. The molecule has 0 saturated heterocycles. The van der Waals surface area contributed by atoms with Crippen LogP contribution in [0.1, 0.15) is 31.4 Å². The standard InChI is InChI=1S/C15H24N2O/c1-12(14-4-3-5-15(16)10-14)17(2)8-9-18-11-13-6-7-13/h3-5,10,12-13H,6-9,11,16H2,1-2H3. The summed E-state index contributed by atoms with van der Waals surface area (Å²) in [6.45, 7) is 4.93. The zero-order chi connectivity index (χ0) is 13.0. The van der Waals surface area contributed by atoms with Gasteiger partial charge in [0.15, 0.2) is 0 Å². The number of hydrogen-bond donors (Lipinski definition) is 1. The highest BCUT2D eigenvalue weighted by Crippen LogP contribution is 2.28. The molecule has 3 heteroatoms. The fourth-order valence-electron chi connectivity index (χ4n) is 2.01. The Bertz CT molecular complexity index is 377. The van der Waals surface area contributed by atoms with Crippen LogP contribution in [0.4, 0.5) is 5.69 Å². The minimum atomic E-state index is 0.373. The zero-order valence-electron chi connectivity index (χ0n) is 11.4. The van der Waals surface area contributed by atoms with Crippen LogP contribution in [0.3, 0.4) is 0 Å². The Kier molecular flexibility index (Phi) is 4.61. The number of hydrogen-bond acceptors (Lipinski definition) is 3. The third kappa shape index (κ3) is 4.00. The molecule has 1 unspecified atom stereocenters. The molecule has 0 amide bonds. The second-order valence-corrected chi connectivity index (χ2v) is 5.34. The summed E-state index contributed by atoms with van der Waals surface area (Å²) in [4.78, 5) is 2.31. The van der Waals surface area contributed by atoms with E-state index < -0.39 is 0 Å². The van der Waals surface area contributed by atoms with Gasteiger partial charge in [0.1, 0.15) is 0 Å². The van der Waals surface area contributed by atoms with E-state index in [1.807, 2.05) is 18.2 Å². The second kappa shape index (κ2) is 6.21. The Hall–Kier alpha value is -1.06. The lowest BCUT2D eigenvalue weighted by Gasteiger charge is -2.25. The molecule has 0 spiro atoms. The fraction of sp³-hybridized carbons (Fsp3) is 0.600. The normalized spacial score (nSPS) is 17.1. The zero-order valence-corrected chi connectivity index (χ0v) is 11.4. The molecule has 1 aromatic rings. The number of nitrogens with two attached hydrogens (primary N) is 1. The molecular weight excluding hydrogens is 224 g/mol. The van der Waals surface area contributed by atoms with Gasteiger partial charge in [-0.3, -0.25) is 4.90 Å². The van der Waals surface area contributed by atoms with Crippen LogP contribution in [-0.2, 0) is 4.74 Å². The van der Waals surface area contributed by atoms with Gasteiger partial charge in [-0.2, -0.15) is 0 Å². The maximum atomic E-state index is 5.82. The lowest BCUT2D eigenvalue weighted by molar-refractivity contribution is 0.0937. The van der Waals surface area contributed by atoms with E-state index in [1.165, 1.54) is 18.4 Å². The first kappa shape index (κ1) is 13.4. The van der Waals surface area contributed by atoms with Gasteiger partial charge in [0, 0.05) is 24.9 Å². The SMILES string of the molecule is CC(c1cccc(N)c1)N(C)CCOCC1CC1. The van der Waals surface area contributed by atoms with Crippen molar-refractivity contribution in [2.45, 2.75) is 25.8 Å². The van der Waals surface area contributed by atoms with Crippen LogP contribution in [0.5, 0.6) is 0 Å². The van der Waals surface area contributed by atoms with Crippen molar-refractivity contribution in [1.29, 1.82) is 0 Å². The molecule has 2 rings (SSSR count). The summed E-state index contributed by atoms with van der Waals surface area (Å²) in [6.07, 6.45) is 2.71. The Morgan fingerprint density at radius 1 is 1.44 bits per heavy atom. The largest absolute Gasteiger partial charge is 0.399 e. The van der Waals surface area contributed by atoms with Crippen LogP contribution in [-0.4, -0.2) is 31.7 Å². The molecule has 2 N–H and O–H groups in total. The van der Waals surface area contributed by atoms with E-state index in [-0.39, 0.29) is 0 Å². The van der Waals surface area contributed by atoms with E-state index in [0.717, 1.165) is 31.4 Å². The Balaban J connectivity index is 1.74. The van der Waals surface area contributed by atoms with Crippen molar-refractivity contribution in [3.8, 4) is 0 Å². The van der Waals surface area contributed by atoms with Crippen LogP contribution in [0.15, 0.2) is 24.3 Å². The molecule has 1 fully saturated rings. The van der Waals surface area contributed by atoms with E-state index in [9.17, 15) is 0 Å². The van der Waals surface area contributed by atoms with Crippen molar-refractivity contribution in [1.82, 2.24) is 4.90 Å². The topological polar surface area (TPSA) is 38.5 Å². The summed E-state index contributed by atoms with van der Waals surface area (Å²) >= 11 is 0. The van der Waals surface area contributed by atoms with Gasteiger partial charge in [-0.15, -0.1) is 0 Å². The van der Waals surface area contributed by atoms with E-state index in [1.54, 1.807) is 0 Å². The summed E-state index contributed by atoms with van der Waals surface area (Å²) in [7, 11) is 2.13. The molecule has 0 radical (unpaired) electrons. The lowest BCUT2D eigenvalue weighted by atomic mass is 10.1. The maximum Gasteiger partial charge on any atom is 0.0593 e. The first-order chi connectivity index (χ1) is 8.66. The number of benzene rings is 1. The summed E-state index contributed by atoms with van der Waals surface area (Å²) in [5, 5.41) is 0. The molecule has 0 aliphatic heterocycles. The monoisotopic (exact) mass is 248 g/mol. The average Bonchev–Trinajstić information content (AvgIpc) is 3.17. The first-order valence-corrected chi connectivity index (χ1v) is 6.80. The predicted octanol–water partition coefficient (Wildman–Crippen LogP) is 2.69. The number of ether oxygens (including phenoxy) is 1. The quantitative estimate of drug-likeness (QED) is 0.595. The number of rotatable bonds is 7. The number of nitrogen functional groups attached to an aromatic ring is 1. The van der Waals surface area contributed by atoms with Gasteiger partial charge in [-0.05, 0) is 50.4 Å². The molecule has 0 heterocycles. The maximum absolute atomic E-state index is 5.82. The van der Waals surface area contributed by atoms with Crippen LogP contribution < -0.4 is 5.73 Å². The van der Waals surface area contributed by atoms with Crippen molar-refractivity contribution in [3.63, 3.8) is 0 Å². The third-order valence-corrected chi connectivity index (χ3v) is 3.69.